The number of hydrogen-bond donors (Lipinski definition) is 1. The summed E-state index contributed by atoms with van der Waals surface area (Å²) in [7, 11) is 0. The first kappa shape index (κ1) is 7.03. The van der Waals surface area contributed by atoms with Crippen molar-refractivity contribution in [3.63, 3.8) is 0 Å². The van der Waals surface area contributed by atoms with Crippen molar-refractivity contribution in [2.45, 2.75) is 32.5 Å². The van der Waals surface area contributed by atoms with Gasteiger partial charge in [-0.3, -0.25) is 0 Å². The van der Waals surface area contributed by atoms with Gasteiger partial charge in [0, 0.05) is 12.5 Å². The Kier molecular flexibility index (Phi) is 2.09. The summed E-state index contributed by atoms with van der Waals surface area (Å²) in [5, 5.41) is 9.27. The van der Waals surface area contributed by atoms with E-state index in [-0.39, 0.29) is 12.2 Å². The highest BCUT2D eigenvalue weighted by atomic mass is 16.5. The second-order valence-electron chi connectivity index (χ2n) is 2.79. The van der Waals surface area contributed by atoms with Crippen molar-refractivity contribution < 1.29 is 9.84 Å². The highest BCUT2D eigenvalue weighted by Crippen LogP contribution is 2.19. The van der Waals surface area contributed by atoms with E-state index >= 15 is 0 Å². The molecule has 0 aliphatic carbocycles. The van der Waals surface area contributed by atoms with Gasteiger partial charge in [-0.15, -0.1) is 0 Å². The van der Waals surface area contributed by atoms with E-state index < -0.39 is 0 Å². The third-order valence-electron chi connectivity index (χ3n) is 2.14. The topological polar surface area (TPSA) is 29.5 Å². The Labute approximate surface area is 55.8 Å². The highest BCUT2D eigenvalue weighted by Gasteiger charge is 2.25. The quantitative estimate of drug-likeness (QED) is 0.525. The van der Waals surface area contributed by atoms with Gasteiger partial charge in [-0.1, -0.05) is 6.92 Å². The van der Waals surface area contributed by atoms with Crippen molar-refractivity contribution in [2.75, 3.05) is 6.61 Å². The van der Waals surface area contributed by atoms with Gasteiger partial charge >= 0.3 is 0 Å². The molecule has 1 saturated heterocycles. The molecule has 0 aromatic carbocycles. The van der Waals surface area contributed by atoms with Crippen molar-refractivity contribution in [1.29, 1.82) is 0 Å². The highest BCUT2D eigenvalue weighted by molar-refractivity contribution is 4.74. The van der Waals surface area contributed by atoms with Crippen molar-refractivity contribution in [1.82, 2.24) is 0 Å². The van der Waals surface area contributed by atoms with E-state index in [9.17, 15) is 5.11 Å². The van der Waals surface area contributed by atoms with E-state index in [1.807, 2.05) is 13.8 Å². The van der Waals surface area contributed by atoms with Gasteiger partial charge in [-0.2, -0.15) is 0 Å². The fourth-order valence-electron chi connectivity index (χ4n) is 1.10. The molecule has 0 spiro atoms. The zero-order chi connectivity index (χ0) is 6.85. The molecule has 1 heterocycles. The zero-order valence-corrected chi connectivity index (χ0v) is 6.00. The summed E-state index contributed by atoms with van der Waals surface area (Å²) in [6.45, 7) is 4.74. The molecular formula is C7H14O2. The van der Waals surface area contributed by atoms with Crippen LogP contribution in [0.2, 0.25) is 0 Å². The summed E-state index contributed by atoms with van der Waals surface area (Å²) in [6, 6.07) is 0. The largest absolute Gasteiger partial charge is 0.393 e. The molecule has 1 rings (SSSR count). The molecule has 54 valence electrons. The molecule has 1 N–H and O–H groups in total. The van der Waals surface area contributed by atoms with Gasteiger partial charge in [-0.05, 0) is 13.3 Å². The van der Waals surface area contributed by atoms with E-state index in [0.717, 1.165) is 6.42 Å². The predicted octanol–water partition coefficient (Wildman–Crippen LogP) is 0.792. The van der Waals surface area contributed by atoms with Crippen LogP contribution in [0.5, 0.6) is 0 Å². The molecule has 0 bridgehead atoms. The van der Waals surface area contributed by atoms with Gasteiger partial charge in [0.05, 0.1) is 12.2 Å². The van der Waals surface area contributed by atoms with Crippen LogP contribution in [0.4, 0.5) is 0 Å². The zero-order valence-electron chi connectivity index (χ0n) is 6.00. The fourth-order valence-corrected chi connectivity index (χ4v) is 1.10. The molecule has 1 fully saturated rings. The van der Waals surface area contributed by atoms with Crippen LogP contribution < -0.4 is 0 Å². The number of ether oxygens (including phenoxy) is 1. The molecule has 2 heteroatoms. The molecule has 0 aromatic heterocycles. The maximum absolute atomic E-state index is 9.27. The molecule has 2 nitrogen and oxygen atoms in total. The van der Waals surface area contributed by atoms with Crippen molar-refractivity contribution in [3.05, 3.63) is 0 Å². The lowest BCUT2D eigenvalue weighted by Crippen LogP contribution is -2.35. The molecule has 0 aromatic rings. The third-order valence-corrected chi connectivity index (χ3v) is 2.14. The average Bonchev–Trinajstić information content (AvgIpc) is 1.83. The Morgan fingerprint density at radius 1 is 1.44 bits per heavy atom. The lowest BCUT2D eigenvalue weighted by molar-refractivity contribution is -0.0764. The van der Waals surface area contributed by atoms with E-state index in [0.29, 0.717) is 12.5 Å². The van der Waals surface area contributed by atoms with Gasteiger partial charge in [0.2, 0.25) is 0 Å². The van der Waals surface area contributed by atoms with Crippen molar-refractivity contribution in [3.8, 4) is 0 Å². The van der Waals surface area contributed by atoms with E-state index in [4.69, 9.17) is 4.74 Å². The minimum absolute atomic E-state index is 0.145. The van der Waals surface area contributed by atoms with Gasteiger partial charge in [0.15, 0.2) is 0 Å². The Bertz CT molecular complexity index is 82.9. The average molecular weight is 130 g/mol. The third kappa shape index (κ3) is 1.43. The second-order valence-corrected chi connectivity index (χ2v) is 2.79. The standard InChI is InChI=1S/C7H14O2/c1-5-6(2)9-4-3-7(5)8/h5-8H,3-4H2,1-2H3. The summed E-state index contributed by atoms with van der Waals surface area (Å²) < 4.78 is 5.30. The van der Waals surface area contributed by atoms with Crippen LogP contribution in [-0.2, 0) is 4.74 Å². The number of rotatable bonds is 0. The first-order valence-corrected chi connectivity index (χ1v) is 3.51. The Balaban J connectivity index is 2.41. The Morgan fingerprint density at radius 2 is 2.11 bits per heavy atom. The summed E-state index contributed by atoms with van der Waals surface area (Å²) in [5.74, 6) is 0.304. The lowest BCUT2D eigenvalue weighted by atomic mass is 9.95. The van der Waals surface area contributed by atoms with E-state index in [1.54, 1.807) is 0 Å². The summed E-state index contributed by atoms with van der Waals surface area (Å²) in [5.41, 5.74) is 0. The van der Waals surface area contributed by atoms with Gasteiger partial charge in [0.1, 0.15) is 0 Å². The van der Waals surface area contributed by atoms with E-state index in [2.05, 4.69) is 0 Å². The number of aliphatic hydroxyl groups is 1. The molecule has 0 radical (unpaired) electrons. The van der Waals surface area contributed by atoms with Gasteiger partial charge < -0.3 is 9.84 Å². The molecule has 0 saturated carbocycles. The first-order valence-electron chi connectivity index (χ1n) is 3.51. The Morgan fingerprint density at radius 3 is 2.56 bits per heavy atom. The maximum atomic E-state index is 9.27. The van der Waals surface area contributed by atoms with Crippen LogP contribution in [0.3, 0.4) is 0 Å². The SMILES string of the molecule is CC1OCCC(O)C1C. The molecule has 3 unspecified atom stereocenters. The van der Waals surface area contributed by atoms with Crippen LogP contribution in [0.25, 0.3) is 0 Å². The minimum atomic E-state index is -0.145. The smallest absolute Gasteiger partial charge is 0.0612 e. The number of hydrogen-bond acceptors (Lipinski definition) is 2. The first-order chi connectivity index (χ1) is 4.22. The Hall–Kier alpha value is -0.0800. The van der Waals surface area contributed by atoms with Crippen molar-refractivity contribution >= 4 is 0 Å². The molecule has 3 atom stereocenters. The van der Waals surface area contributed by atoms with E-state index in [1.165, 1.54) is 0 Å². The van der Waals surface area contributed by atoms with Crippen LogP contribution >= 0.6 is 0 Å². The molecular weight excluding hydrogens is 116 g/mol. The predicted molar refractivity (Wildman–Crippen MR) is 35.2 cm³/mol. The van der Waals surface area contributed by atoms with Crippen LogP contribution in [0.1, 0.15) is 20.3 Å². The fraction of sp³-hybridized carbons (Fsp3) is 1.00. The van der Waals surface area contributed by atoms with Crippen LogP contribution in [-0.4, -0.2) is 23.9 Å². The summed E-state index contributed by atoms with van der Waals surface area (Å²) >= 11 is 0. The minimum Gasteiger partial charge on any atom is -0.393 e. The summed E-state index contributed by atoms with van der Waals surface area (Å²) in [6.07, 6.45) is 0.883. The van der Waals surface area contributed by atoms with Crippen LogP contribution in [0.15, 0.2) is 0 Å². The molecule has 9 heavy (non-hydrogen) atoms. The number of aliphatic hydroxyl groups excluding tert-OH is 1. The van der Waals surface area contributed by atoms with Crippen molar-refractivity contribution in [2.24, 2.45) is 5.92 Å². The van der Waals surface area contributed by atoms with Gasteiger partial charge in [-0.25, -0.2) is 0 Å². The lowest BCUT2D eigenvalue weighted by Gasteiger charge is -2.30. The van der Waals surface area contributed by atoms with Crippen LogP contribution in [0, 0.1) is 5.92 Å². The van der Waals surface area contributed by atoms with Gasteiger partial charge in [0.25, 0.3) is 0 Å². The normalized spacial score (nSPS) is 45.0. The summed E-state index contributed by atoms with van der Waals surface area (Å²) in [4.78, 5) is 0. The molecule has 1 aliphatic rings. The maximum Gasteiger partial charge on any atom is 0.0612 e. The monoisotopic (exact) mass is 130 g/mol. The second kappa shape index (κ2) is 2.67. The molecule has 1 aliphatic heterocycles. The molecule has 0 amide bonds.